The normalized spacial score (nSPS) is 13.7. The summed E-state index contributed by atoms with van der Waals surface area (Å²) in [5.74, 6) is 3.26. The van der Waals surface area contributed by atoms with Gasteiger partial charge in [0, 0.05) is 34.8 Å². The molecule has 3 aromatic rings. The lowest BCUT2D eigenvalue weighted by Crippen LogP contribution is -2.46. The Labute approximate surface area is 266 Å². The van der Waals surface area contributed by atoms with E-state index in [1.807, 2.05) is 36.0 Å². The molecule has 1 aromatic heterocycles. The van der Waals surface area contributed by atoms with Gasteiger partial charge in [0.2, 0.25) is 6.71 Å². The zero-order valence-electron chi connectivity index (χ0n) is 27.0. The van der Waals surface area contributed by atoms with Gasteiger partial charge in [-0.05, 0) is 75.8 Å². The molecule has 230 valence electrons. The number of benzene rings is 2. The first-order valence-corrected chi connectivity index (χ1v) is 18.5. The van der Waals surface area contributed by atoms with Crippen LogP contribution in [0.3, 0.4) is 0 Å². The summed E-state index contributed by atoms with van der Waals surface area (Å²) in [6.45, 7) is 13.1. The van der Waals surface area contributed by atoms with E-state index in [1.165, 1.54) is 95.7 Å². The van der Waals surface area contributed by atoms with Crippen LogP contribution in [0.2, 0.25) is 5.82 Å². The van der Waals surface area contributed by atoms with Crippen LogP contribution in [0.5, 0.6) is 0 Å². The molecular formula is C36H55BN2OS2. The highest BCUT2D eigenvalue weighted by Crippen LogP contribution is 2.32. The predicted molar refractivity (Wildman–Crippen MR) is 189 cm³/mol. The Morgan fingerprint density at radius 3 is 1.83 bits per heavy atom. The van der Waals surface area contributed by atoms with Crippen LogP contribution in [0.4, 0.5) is 0 Å². The van der Waals surface area contributed by atoms with E-state index in [1.54, 1.807) is 0 Å². The Kier molecular flexibility index (Phi) is 16.9. The Morgan fingerprint density at radius 1 is 0.833 bits per heavy atom. The molecule has 1 aliphatic carbocycles. The standard InChI is InChI=1S/C26H37BS2.C10H18N2O/c1-3-5-20-28-25-16-12-23(13-17-25)27(22-10-8-7-9-11-22)24-14-18-26(19-15-24)29-21-6-4-2;1-9(2)13-6-4-5-12-8-11-7-10(12)3/h12-19,22H,3-11,20-21H2,1-2H3;7-9H,4-6H2,1-3H3. The van der Waals surface area contributed by atoms with Crippen molar-refractivity contribution in [3.63, 3.8) is 0 Å². The first-order valence-electron chi connectivity index (χ1n) is 16.6. The second-order valence-corrected chi connectivity index (χ2v) is 14.3. The summed E-state index contributed by atoms with van der Waals surface area (Å²) in [6.07, 6.45) is 17.3. The van der Waals surface area contributed by atoms with Crippen molar-refractivity contribution in [2.75, 3.05) is 18.1 Å². The molecule has 42 heavy (non-hydrogen) atoms. The average Bonchev–Trinajstić information content (AvgIpc) is 3.42. The maximum Gasteiger partial charge on any atom is 0.212 e. The first-order chi connectivity index (χ1) is 20.5. The Hall–Kier alpha value is -1.63. The molecule has 0 amide bonds. The quantitative estimate of drug-likeness (QED) is 0.0922. The summed E-state index contributed by atoms with van der Waals surface area (Å²) in [7, 11) is 0. The van der Waals surface area contributed by atoms with Crippen molar-refractivity contribution in [2.45, 2.75) is 127 Å². The van der Waals surface area contributed by atoms with Gasteiger partial charge in [0.25, 0.3) is 0 Å². The zero-order chi connectivity index (χ0) is 30.0. The summed E-state index contributed by atoms with van der Waals surface area (Å²) in [6, 6.07) is 19.1. The van der Waals surface area contributed by atoms with E-state index < -0.39 is 0 Å². The molecular weight excluding hydrogens is 551 g/mol. The smallest absolute Gasteiger partial charge is 0.212 e. The summed E-state index contributed by atoms with van der Waals surface area (Å²) in [5.41, 5.74) is 4.25. The van der Waals surface area contributed by atoms with Crippen LogP contribution in [0.25, 0.3) is 0 Å². The van der Waals surface area contributed by atoms with Crippen LogP contribution in [-0.4, -0.2) is 40.5 Å². The number of imidazole rings is 1. The van der Waals surface area contributed by atoms with Crippen molar-refractivity contribution in [3.05, 3.63) is 66.7 Å². The summed E-state index contributed by atoms with van der Waals surface area (Å²) in [5, 5.41) is 0. The predicted octanol–water partition coefficient (Wildman–Crippen LogP) is 9.42. The molecule has 2 aromatic carbocycles. The van der Waals surface area contributed by atoms with E-state index in [2.05, 4.69) is 92.7 Å². The van der Waals surface area contributed by atoms with Crippen molar-refractivity contribution >= 4 is 41.2 Å². The molecule has 3 nitrogen and oxygen atoms in total. The van der Waals surface area contributed by atoms with Crippen molar-refractivity contribution in [3.8, 4) is 0 Å². The molecule has 0 atom stereocenters. The number of hydrogen-bond acceptors (Lipinski definition) is 4. The largest absolute Gasteiger partial charge is 0.379 e. The third-order valence-electron chi connectivity index (χ3n) is 8.05. The molecule has 1 heterocycles. The fourth-order valence-corrected chi connectivity index (χ4v) is 7.59. The highest BCUT2D eigenvalue weighted by Gasteiger charge is 2.30. The average molecular weight is 607 g/mol. The number of rotatable bonds is 16. The number of nitrogens with zero attached hydrogens (tertiary/aromatic N) is 2. The Balaban J connectivity index is 0.000000312. The number of unbranched alkanes of at least 4 members (excludes halogenated alkanes) is 2. The van der Waals surface area contributed by atoms with Gasteiger partial charge in [-0.2, -0.15) is 0 Å². The van der Waals surface area contributed by atoms with Crippen LogP contribution in [0.15, 0.2) is 70.8 Å². The Bertz CT molecular complexity index is 1040. The first kappa shape index (κ1) is 34.9. The fourth-order valence-electron chi connectivity index (χ4n) is 5.59. The molecule has 1 aliphatic rings. The van der Waals surface area contributed by atoms with Crippen molar-refractivity contribution in [1.29, 1.82) is 0 Å². The third kappa shape index (κ3) is 12.5. The molecule has 0 N–H and O–H groups in total. The lowest BCUT2D eigenvalue weighted by Gasteiger charge is -2.29. The van der Waals surface area contributed by atoms with Crippen LogP contribution < -0.4 is 10.9 Å². The van der Waals surface area contributed by atoms with E-state index >= 15 is 0 Å². The van der Waals surface area contributed by atoms with E-state index in [0.717, 1.165) is 25.4 Å². The fraction of sp³-hybridized carbons (Fsp3) is 0.583. The molecule has 1 saturated carbocycles. The molecule has 0 aliphatic heterocycles. The van der Waals surface area contributed by atoms with Gasteiger partial charge in [-0.3, -0.25) is 0 Å². The van der Waals surface area contributed by atoms with Gasteiger partial charge in [-0.25, -0.2) is 4.98 Å². The van der Waals surface area contributed by atoms with Crippen molar-refractivity contribution in [2.24, 2.45) is 0 Å². The van der Waals surface area contributed by atoms with Crippen molar-refractivity contribution < 1.29 is 4.74 Å². The van der Waals surface area contributed by atoms with Gasteiger partial charge in [-0.1, -0.05) is 99.8 Å². The highest BCUT2D eigenvalue weighted by atomic mass is 32.2. The van der Waals surface area contributed by atoms with Gasteiger partial charge in [0.05, 0.1) is 12.4 Å². The molecule has 0 bridgehead atoms. The lowest BCUT2D eigenvalue weighted by molar-refractivity contribution is 0.0748. The minimum Gasteiger partial charge on any atom is -0.379 e. The molecule has 4 rings (SSSR count). The lowest BCUT2D eigenvalue weighted by atomic mass is 9.32. The third-order valence-corrected chi connectivity index (χ3v) is 10.2. The molecule has 0 unspecified atom stereocenters. The van der Waals surface area contributed by atoms with Crippen LogP contribution in [0, 0.1) is 6.92 Å². The summed E-state index contributed by atoms with van der Waals surface area (Å²) >= 11 is 4.01. The second kappa shape index (κ2) is 20.4. The molecule has 0 saturated heterocycles. The minimum atomic E-state index is 0.337. The number of ether oxygens (including phenoxy) is 1. The number of aromatic nitrogens is 2. The maximum atomic E-state index is 5.45. The molecule has 1 fully saturated rings. The van der Waals surface area contributed by atoms with Crippen LogP contribution in [-0.2, 0) is 11.3 Å². The molecule has 0 spiro atoms. The zero-order valence-corrected chi connectivity index (χ0v) is 28.7. The SMILES string of the molecule is CCCCSc1ccc(B(c2ccc(SCCCC)cc2)C2CCCCC2)cc1.Cc1cncn1CCCOC(C)C. The summed E-state index contributed by atoms with van der Waals surface area (Å²) in [4.78, 5) is 6.90. The van der Waals surface area contributed by atoms with Crippen LogP contribution in [0.1, 0.15) is 97.6 Å². The van der Waals surface area contributed by atoms with Crippen molar-refractivity contribution in [1.82, 2.24) is 9.55 Å². The van der Waals surface area contributed by atoms with Gasteiger partial charge < -0.3 is 9.30 Å². The van der Waals surface area contributed by atoms with Gasteiger partial charge in [0.1, 0.15) is 0 Å². The number of hydrogen-bond donors (Lipinski definition) is 0. The second-order valence-electron chi connectivity index (χ2n) is 11.9. The molecule has 6 heteroatoms. The number of thioether (sulfide) groups is 2. The monoisotopic (exact) mass is 606 g/mol. The topological polar surface area (TPSA) is 27.1 Å². The van der Waals surface area contributed by atoms with E-state index in [9.17, 15) is 0 Å². The minimum absolute atomic E-state index is 0.337. The number of aryl methyl sites for hydroxylation is 2. The van der Waals surface area contributed by atoms with Gasteiger partial charge in [-0.15, -0.1) is 23.5 Å². The van der Waals surface area contributed by atoms with Crippen LogP contribution >= 0.6 is 23.5 Å². The van der Waals surface area contributed by atoms with Gasteiger partial charge >= 0.3 is 0 Å². The van der Waals surface area contributed by atoms with E-state index in [4.69, 9.17) is 4.74 Å². The summed E-state index contributed by atoms with van der Waals surface area (Å²) < 4.78 is 7.59. The highest BCUT2D eigenvalue weighted by molar-refractivity contribution is 7.99. The maximum absolute atomic E-state index is 5.45. The van der Waals surface area contributed by atoms with Gasteiger partial charge in [0.15, 0.2) is 0 Å². The van der Waals surface area contributed by atoms with E-state index in [0.29, 0.717) is 12.8 Å². The Morgan fingerprint density at radius 2 is 1.38 bits per heavy atom. The van der Waals surface area contributed by atoms with E-state index in [-0.39, 0.29) is 0 Å². The molecule has 0 radical (unpaired) electrons.